The summed E-state index contributed by atoms with van der Waals surface area (Å²) >= 11 is 0. The molecular weight excluding hydrogens is 272 g/mol. The molecule has 0 spiro atoms. The van der Waals surface area contributed by atoms with Crippen LogP contribution in [-0.4, -0.2) is 31.0 Å². The topological polar surface area (TPSA) is 43.1 Å². The first-order chi connectivity index (χ1) is 8.78. The van der Waals surface area contributed by atoms with Crippen LogP contribution in [0, 0.1) is 0 Å². The Labute approximate surface area is 129 Å². The Bertz CT molecular complexity index is 390. The molecular formula is C16H27ClN2O. The van der Waals surface area contributed by atoms with E-state index >= 15 is 0 Å². The van der Waals surface area contributed by atoms with Crippen molar-refractivity contribution in [1.29, 1.82) is 0 Å². The summed E-state index contributed by atoms with van der Waals surface area (Å²) in [5.41, 5.74) is 6.53. The summed E-state index contributed by atoms with van der Waals surface area (Å²) in [5.74, 6) is -0.435. The number of primary amides is 1. The zero-order valence-electron chi connectivity index (χ0n) is 13.0. The normalized spacial score (nSPS) is 9.80. The number of hydrogen-bond acceptors (Lipinski definition) is 1. The van der Waals surface area contributed by atoms with Gasteiger partial charge in [0.1, 0.15) is 6.54 Å². The van der Waals surface area contributed by atoms with Crippen molar-refractivity contribution in [3.8, 4) is 0 Å². The Kier molecular flexibility index (Phi) is 11.0. The molecule has 1 aromatic carbocycles. The molecule has 0 atom stereocenters. The molecule has 0 fully saturated rings. The fourth-order valence-corrected chi connectivity index (χ4v) is 1.76. The SMILES string of the molecule is C=C(C)C(N)=O.CCC[N+](C)(C)Cc1ccccc1.[Cl-]. The number of carbonyl (C=O) groups is 1. The Balaban J connectivity index is 0. The predicted octanol–water partition coefficient (Wildman–Crippen LogP) is -0.275. The molecule has 0 bridgehead atoms. The van der Waals surface area contributed by atoms with E-state index in [1.54, 1.807) is 6.92 Å². The molecule has 1 aromatic rings. The van der Waals surface area contributed by atoms with Gasteiger partial charge in [-0.05, 0) is 13.3 Å². The zero-order valence-corrected chi connectivity index (χ0v) is 13.8. The standard InChI is InChI=1S/C12H20N.C4H7NO.ClH/c1-4-10-13(2,3)11-12-8-6-5-7-9-12;1-3(2)4(5)6;/h5-9H,4,10-11H2,1-3H3;1H2,2H3,(H2,5,6);1H/q+1;;/p-1. The smallest absolute Gasteiger partial charge is 0.243 e. The van der Waals surface area contributed by atoms with E-state index in [4.69, 9.17) is 5.73 Å². The second kappa shape index (κ2) is 10.5. The van der Waals surface area contributed by atoms with E-state index < -0.39 is 5.91 Å². The van der Waals surface area contributed by atoms with Crippen molar-refractivity contribution in [3.05, 3.63) is 48.0 Å². The van der Waals surface area contributed by atoms with Crippen LogP contribution in [0.4, 0.5) is 0 Å². The summed E-state index contributed by atoms with van der Waals surface area (Å²) in [4.78, 5) is 9.82. The highest BCUT2D eigenvalue weighted by Crippen LogP contribution is 2.09. The maximum absolute atomic E-state index is 9.82. The van der Waals surface area contributed by atoms with Gasteiger partial charge in [0.15, 0.2) is 0 Å². The number of carbonyl (C=O) groups excluding carboxylic acids is 1. The number of benzene rings is 1. The van der Waals surface area contributed by atoms with Crippen LogP contribution in [0.3, 0.4) is 0 Å². The van der Waals surface area contributed by atoms with Crippen molar-refractivity contribution < 1.29 is 21.7 Å². The van der Waals surface area contributed by atoms with Crippen molar-refractivity contribution in [2.75, 3.05) is 20.6 Å². The van der Waals surface area contributed by atoms with Gasteiger partial charge in [0, 0.05) is 11.1 Å². The second-order valence-corrected chi connectivity index (χ2v) is 5.45. The summed E-state index contributed by atoms with van der Waals surface area (Å²) in [6, 6.07) is 10.7. The lowest BCUT2D eigenvalue weighted by Crippen LogP contribution is -3.00. The third-order valence-corrected chi connectivity index (χ3v) is 2.70. The minimum atomic E-state index is -0.435. The highest BCUT2D eigenvalue weighted by atomic mass is 35.5. The Morgan fingerprint density at radius 1 is 1.25 bits per heavy atom. The molecule has 0 radical (unpaired) electrons. The van der Waals surface area contributed by atoms with Gasteiger partial charge >= 0.3 is 0 Å². The summed E-state index contributed by atoms with van der Waals surface area (Å²) in [6.07, 6.45) is 1.25. The molecule has 0 saturated heterocycles. The van der Waals surface area contributed by atoms with E-state index in [9.17, 15) is 4.79 Å². The quantitative estimate of drug-likeness (QED) is 0.590. The lowest BCUT2D eigenvalue weighted by Gasteiger charge is -2.29. The molecule has 0 heterocycles. The second-order valence-electron chi connectivity index (χ2n) is 5.45. The minimum absolute atomic E-state index is 0. The van der Waals surface area contributed by atoms with Crippen molar-refractivity contribution in [3.63, 3.8) is 0 Å². The molecule has 3 nitrogen and oxygen atoms in total. The van der Waals surface area contributed by atoms with Crippen molar-refractivity contribution in [2.24, 2.45) is 5.73 Å². The first-order valence-electron chi connectivity index (χ1n) is 6.59. The molecule has 0 aromatic heterocycles. The lowest BCUT2D eigenvalue weighted by atomic mass is 10.2. The third kappa shape index (κ3) is 10.6. The fourth-order valence-electron chi connectivity index (χ4n) is 1.76. The van der Waals surface area contributed by atoms with Crippen LogP contribution < -0.4 is 18.1 Å². The van der Waals surface area contributed by atoms with E-state index in [-0.39, 0.29) is 12.4 Å². The molecule has 0 aliphatic rings. The van der Waals surface area contributed by atoms with Gasteiger partial charge in [-0.3, -0.25) is 4.79 Å². The monoisotopic (exact) mass is 298 g/mol. The number of rotatable bonds is 5. The Morgan fingerprint density at radius 3 is 2.05 bits per heavy atom. The van der Waals surface area contributed by atoms with Crippen LogP contribution in [0.15, 0.2) is 42.5 Å². The van der Waals surface area contributed by atoms with E-state index in [0.717, 1.165) is 11.0 Å². The molecule has 1 rings (SSSR count). The highest BCUT2D eigenvalue weighted by Gasteiger charge is 2.13. The molecule has 114 valence electrons. The molecule has 1 amide bonds. The first kappa shape index (κ1) is 21.0. The molecule has 0 unspecified atom stereocenters. The number of amides is 1. The van der Waals surface area contributed by atoms with Gasteiger partial charge in [-0.15, -0.1) is 0 Å². The average molecular weight is 299 g/mol. The summed E-state index contributed by atoms with van der Waals surface area (Å²) in [7, 11) is 4.58. The average Bonchev–Trinajstić information content (AvgIpc) is 2.30. The fraction of sp³-hybridized carbons (Fsp3) is 0.438. The van der Waals surface area contributed by atoms with Gasteiger partial charge in [0.05, 0.1) is 20.6 Å². The summed E-state index contributed by atoms with van der Waals surface area (Å²) < 4.78 is 1.08. The Morgan fingerprint density at radius 2 is 1.70 bits per heavy atom. The molecule has 4 heteroatoms. The third-order valence-electron chi connectivity index (χ3n) is 2.70. The van der Waals surface area contributed by atoms with Gasteiger partial charge in [-0.25, -0.2) is 0 Å². The predicted molar refractivity (Wildman–Crippen MR) is 81.4 cm³/mol. The number of nitrogens with zero attached hydrogens (tertiary/aromatic N) is 1. The van der Waals surface area contributed by atoms with Crippen LogP contribution in [-0.2, 0) is 11.3 Å². The molecule has 20 heavy (non-hydrogen) atoms. The van der Waals surface area contributed by atoms with E-state index in [0.29, 0.717) is 5.57 Å². The van der Waals surface area contributed by atoms with Gasteiger partial charge in [-0.2, -0.15) is 0 Å². The molecule has 0 aliphatic heterocycles. The molecule has 0 aliphatic carbocycles. The van der Waals surface area contributed by atoms with Crippen LogP contribution in [0.5, 0.6) is 0 Å². The molecule has 0 saturated carbocycles. The number of hydrogen-bond donors (Lipinski definition) is 1. The summed E-state index contributed by atoms with van der Waals surface area (Å²) in [5, 5.41) is 0. The number of halogens is 1. The van der Waals surface area contributed by atoms with Gasteiger partial charge in [0.2, 0.25) is 5.91 Å². The van der Waals surface area contributed by atoms with Crippen LogP contribution in [0.1, 0.15) is 25.8 Å². The van der Waals surface area contributed by atoms with Crippen molar-refractivity contribution in [2.45, 2.75) is 26.8 Å². The van der Waals surface area contributed by atoms with Crippen LogP contribution >= 0.6 is 0 Å². The van der Waals surface area contributed by atoms with Crippen molar-refractivity contribution in [1.82, 2.24) is 0 Å². The summed E-state index contributed by atoms with van der Waals surface area (Å²) in [6.45, 7) is 9.47. The number of nitrogens with two attached hydrogens (primary N) is 1. The van der Waals surface area contributed by atoms with Crippen LogP contribution in [0.2, 0.25) is 0 Å². The van der Waals surface area contributed by atoms with Crippen molar-refractivity contribution >= 4 is 5.91 Å². The van der Waals surface area contributed by atoms with E-state index in [1.807, 2.05) is 0 Å². The number of quaternary nitrogens is 1. The maximum Gasteiger partial charge on any atom is 0.243 e. The largest absolute Gasteiger partial charge is 1.00 e. The van der Waals surface area contributed by atoms with E-state index in [1.165, 1.54) is 18.5 Å². The minimum Gasteiger partial charge on any atom is -1.00 e. The van der Waals surface area contributed by atoms with E-state index in [2.05, 4.69) is 57.9 Å². The lowest BCUT2D eigenvalue weighted by molar-refractivity contribution is -0.903. The first-order valence-corrected chi connectivity index (χ1v) is 6.59. The Hall–Kier alpha value is -1.32. The van der Waals surface area contributed by atoms with Gasteiger partial charge in [-0.1, -0.05) is 43.8 Å². The zero-order chi connectivity index (χ0) is 14.9. The van der Waals surface area contributed by atoms with Gasteiger partial charge in [0.25, 0.3) is 0 Å². The maximum atomic E-state index is 9.82. The van der Waals surface area contributed by atoms with Gasteiger partial charge < -0.3 is 22.6 Å². The molecule has 2 N–H and O–H groups in total. The van der Waals surface area contributed by atoms with Crippen LogP contribution in [0.25, 0.3) is 0 Å². The highest BCUT2D eigenvalue weighted by molar-refractivity contribution is 5.90.